The molecule has 1 N–H and O–H groups in total. The topological polar surface area (TPSA) is 59.7 Å². The van der Waals surface area contributed by atoms with E-state index in [4.69, 9.17) is 4.74 Å². The number of alkyl halides is 2. The molecule has 3 aromatic heterocycles. The summed E-state index contributed by atoms with van der Waals surface area (Å²) < 4.78 is 33.8. The Labute approximate surface area is 141 Å². The molecule has 22 heavy (non-hydrogen) atoms. The minimum atomic E-state index is -2.66. The molecule has 0 amide bonds. The second-order valence-electron chi connectivity index (χ2n) is 4.40. The monoisotopic (exact) mass is 437 g/mol. The quantitative estimate of drug-likeness (QED) is 0.501. The van der Waals surface area contributed by atoms with Gasteiger partial charge in [-0.15, -0.1) is 11.3 Å². The fraction of sp³-hybridized carbons (Fsp3) is 0.231. The van der Waals surface area contributed by atoms with Gasteiger partial charge in [-0.1, -0.05) is 0 Å². The number of aliphatic hydroxyl groups is 1. The van der Waals surface area contributed by atoms with Gasteiger partial charge < -0.3 is 9.84 Å². The van der Waals surface area contributed by atoms with Crippen LogP contribution in [0.25, 0.3) is 16.9 Å². The smallest absolute Gasteiger partial charge is 0.273 e. The van der Waals surface area contributed by atoms with Crippen molar-refractivity contribution in [3.05, 3.63) is 37.9 Å². The Bertz CT molecular complexity index is 821. The van der Waals surface area contributed by atoms with Gasteiger partial charge >= 0.3 is 0 Å². The summed E-state index contributed by atoms with van der Waals surface area (Å²) in [5.41, 5.74) is 1.32. The first-order valence-corrected chi connectivity index (χ1v) is 8.03. The second-order valence-corrected chi connectivity index (χ2v) is 6.76. The number of imidazole rings is 1. The van der Waals surface area contributed by atoms with Crippen LogP contribution in [0.3, 0.4) is 0 Å². The molecule has 0 aliphatic rings. The number of aliphatic hydroxyl groups excluding tert-OH is 1. The zero-order valence-electron chi connectivity index (χ0n) is 11.2. The molecule has 3 heterocycles. The average Bonchev–Trinajstić information content (AvgIpc) is 3.09. The zero-order chi connectivity index (χ0) is 15.9. The lowest BCUT2D eigenvalue weighted by Gasteiger charge is -2.03. The predicted octanol–water partition coefficient (Wildman–Crippen LogP) is 3.64. The fourth-order valence-corrected chi connectivity index (χ4v) is 3.46. The van der Waals surface area contributed by atoms with E-state index >= 15 is 0 Å². The first kappa shape index (κ1) is 15.7. The molecule has 1 atom stereocenters. The van der Waals surface area contributed by atoms with Crippen LogP contribution in [-0.4, -0.2) is 26.8 Å². The van der Waals surface area contributed by atoms with Crippen LogP contribution in [0.2, 0.25) is 0 Å². The first-order valence-electron chi connectivity index (χ1n) is 6.13. The number of methoxy groups -OCH3 is 1. The molecule has 0 aromatic carbocycles. The van der Waals surface area contributed by atoms with Crippen LogP contribution in [0.15, 0.2) is 24.5 Å². The summed E-state index contributed by atoms with van der Waals surface area (Å²) in [7, 11) is 1.31. The molecular formula is C13H10F2IN3O2S. The summed E-state index contributed by atoms with van der Waals surface area (Å²) in [6, 6.07) is 3.29. The van der Waals surface area contributed by atoms with Gasteiger partial charge in [-0.2, -0.15) is 5.10 Å². The molecule has 5 nitrogen and oxygen atoms in total. The van der Waals surface area contributed by atoms with E-state index in [9.17, 15) is 13.9 Å². The standard InChI is InChI=1S/C13H10F2IN3O2S/c1-21-13(20)9-3-7(11(22-9)12(14)15)8-5-17-10-2-6(16)4-18-19(8)10/h2-5,12-13,20H,1H3. The number of ether oxygens (including phenoxy) is 1. The summed E-state index contributed by atoms with van der Waals surface area (Å²) in [6.45, 7) is 0. The van der Waals surface area contributed by atoms with Crippen LogP contribution >= 0.6 is 33.9 Å². The third-order valence-corrected chi connectivity index (χ3v) is 4.81. The number of fused-ring (bicyclic) bond motifs is 1. The lowest BCUT2D eigenvalue weighted by atomic mass is 10.2. The first-order chi connectivity index (χ1) is 10.5. The Kier molecular flexibility index (Phi) is 4.39. The van der Waals surface area contributed by atoms with Gasteiger partial charge in [0.1, 0.15) is 0 Å². The molecule has 0 spiro atoms. The van der Waals surface area contributed by atoms with Crippen LogP contribution in [-0.2, 0) is 4.74 Å². The molecule has 3 aromatic rings. The Balaban J connectivity index is 2.18. The largest absolute Gasteiger partial charge is 0.364 e. The molecule has 0 aliphatic heterocycles. The summed E-state index contributed by atoms with van der Waals surface area (Å²) in [6.07, 6.45) is -0.774. The highest BCUT2D eigenvalue weighted by Crippen LogP contribution is 2.40. The van der Waals surface area contributed by atoms with E-state index in [-0.39, 0.29) is 4.88 Å². The third kappa shape index (κ3) is 2.73. The van der Waals surface area contributed by atoms with Crippen molar-refractivity contribution in [1.82, 2.24) is 14.6 Å². The molecule has 0 bridgehead atoms. The average molecular weight is 437 g/mol. The number of rotatable bonds is 4. The van der Waals surface area contributed by atoms with Gasteiger partial charge in [0, 0.05) is 16.2 Å². The van der Waals surface area contributed by atoms with Crippen molar-refractivity contribution in [2.24, 2.45) is 0 Å². The highest BCUT2D eigenvalue weighted by Gasteiger charge is 2.24. The molecule has 0 saturated carbocycles. The Morgan fingerprint density at radius 1 is 1.36 bits per heavy atom. The normalized spacial score (nSPS) is 13.2. The summed E-state index contributed by atoms with van der Waals surface area (Å²) in [5, 5.41) is 13.9. The number of hydrogen-bond acceptors (Lipinski definition) is 5. The van der Waals surface area contributed by atoms with Gasteiger partial charge in [-0.3, -0.25) is 0 Å². The molecule has 3 rings (SSSR count). The maximum absolute atomic E-state index is 13.3. The number of halogens is 3. The van der Waals surface area contributed by atoms with Gasteiger partial charge in [0.2, 0.25) is 0 Å². The number of nitrogens with zero attached hydrogens (tertiary/aromatic N) is 3. The van der Waals surface area contributed by atoms with Crippen LogP contribution in [0.1, 0.15) is 22.5 Å². The molecule has 9 heteroatoms. The van der Waals surface area contributed by atoms with E-state index in [2.05, 4.69) is 32.7 Å². The molecule has 1 unspecified atom stereocenters. The highest BCUT2D eigenvalue weighted by molar-refractivity contribution is 14.1. The minimum Gasteiger partial charge on any atom is -0.364 e. The number of aromatic nitrogens is 3. The van der Waals surface area contributed by atoms with E-state index in [0.717, 1.165) is 14.9 Å². The van der Waals surface area contributed by atoms with Crippen LogP contribution in [0.5, 0.6) is 0 Å². The van der Waals surface area contributed by atoms with Crippen molar-refractivity contribution >= 4 is 39.6 Å². The van der Waals surface area contributed by atoms with E-state index in [0.29, 0.717) is 21.8 Å². The van der Waals surface area contributed by atoms with Crippen LogP contribution in [0, 0.1) is 3.57 Å². The maximum Gasteiger partial charge on any atom is 0.273 e. The summed E-state index contributed by atoms with van der Waals surface area (Å²) in [4.78, 5) is 4.36. The SMILES string of the molecule is COC(O)c1cc(-c2cnc3cc(I)cnn23)c(C(F)F)s1. The van der Waals surface area contributed by atoms with Crippen molar-refractivity contribution in [1.29, 1.82) is 0 Å². The molecule has 116 valence electrons. The van der Waals surface area contributed by atoms with E-state index < -0.39 is 12.7 Å². The van der Waals surface area contributed by atoms with Crippen LogP contribution in [0.4, 0.5) is 8.78 Å². The molecule has 0 saturated heterocycles. The molecular weight excluding hydrogens is 427 g/mol. The Hall–Kier alpha value is -1.17. The van der Waals surface area contributed by atoms with Crippen molar-refractivity contribution in [3.8, 4) is 11.3 Å². The lowest BCUT2D eigenvalue weighted by Crippen LogP contribution is -1.96. The molecule has 0 aliphatic carbocycles. The Morgan fingerprint density at radius 3 is 2.82 bits per heavy atom. The summed E-state index contributed by atoms with van der Waals surface area (Å²) >= 11 is 2.92. The maximum atomic E-state index is 13.3. The minimum absolute atomic E-state index is 0.145. The van der Waals surface area contributed by atoms with Crippen molar-refractivity contribution in [3.63, 3.8) is 0 Å². The summed E-state index contributed by atoms with van der Waals surface area (Å²) in [5.74, 6) is 0. The second kappa shape index (κ2) is 6.14. The van der Waals surface area contributed by atoms with E-state index in [1.54, 1.807) is 12.3 Å². The number of hydrogen-bond donors (Lipinski definition) is 1. The van der Waals surface area contributed by atoms with Gasteiger partial charge in [0.25, 0.3) is 6.43 Å². The van der Waals surface area contributed by atoms with Gasteiger partial charge in [0.05, 0.1) is 27.8 Å². The van der Waals surface area contributed by atoms with Gasteiger partial charge in [0.15, 0.2) is 11.9 Å². The fourth-order valence-electron chi connectivity index (χ4n) is 2.06. The van der Waals surface area contributed by atoms with Crippen LogP contribution < -0.4 is 0 Å². The highest BCUT2D eigenvalue weighted by atomic mass is 127. The van der Waals surface area contributed by atoms with E-state index in [1.165, 1.54) is 23.9 Å². The third-order valence-electron chi connectivity index (χ3n) is 3.05. The van der Waals surface area contributed by atoms with Crippen molar-refractivity contribution < 1.29 is 18.6 Å². The predicted molar refractivity (Wildman–Crippen MR) is 85.9 cm³/mol. The van der Waals surface area contributed by atoms with Crippen molar-refractivity contribution in [2.75, 3.05) is 7.11 Å². The molecule has 0 fully saturated rings. The molecule has 0 radical (unpaired) electrons. The van der Waals surface area contributed by atoms with Crippen molar-refractivity contribution in [2.45, 2.75) is 12.7 Å². The van der Waals surface area contributed by atoms with E-state index in [1.807, 2.05) is 0 Å². The zero-order valence-corrected chi connectivity index (χ0v) is 14.2. The van der Waals surface area contributed by atoms with Gasteiger partial charge in [-0.05, 0) is 34.7 Å². The van der Waals surface area contributed by atoms with Gasteiger partial charge in [-0.25, -0.2) is 18.3 Å². The number of thiophene rings is 1. The lowest BCUT2D eigenvalue weighted by molar-refractivity contribution is -0.0743. The Morgan fingerprint density at radius 2 is 2.14 bits per heavy atom.